The molecule has 0 saturated carbocycles. The summed E-state index contributed by atoms with van der Waals surface area (Å²) in [6, 6.07) is 8.37. The van der Waals surface area contributed by atoms with Gasteiger partial charge in [0.2, 0.25) is 0 Å². The second-order valence-electron chi connectivity index (χ2n) is 4.47. The van der Waals surface area contributed by atoms with Gasteiger partial charge in [0.05, 0.1) is 30.4 Å². The minimum absolute atomic E-state index is 0.0396. The van der Waals surface area contributed by atoms with Crippen molar-refractivity contribution in [2.24, 2.45) is 10.7 Å². The molecule has 2 N–H and O–H groups in total. The summed E-state index contributed by atoms with van der Waals surface area (Å²) in [7, 11) is -3.29. The topological polar surface area (TPSA) is 85.0 Å². The molecule has 1 aliphatic heterocycles. The number of nitrogens with zero attached hydrogens (tertiary/aromatic N) is 2. The zero-order chi connectivity index (χ0) is 14.4. The third-order valence-electron chi connectivity index (χ3n) is 3.07. The number of guanidine groups is 1. The Balaban J connectivity index is 1.91. The van der Waals surface area contributed by atoms with Gasteiger partial charge < -0.3 is 15.4 Å². The highest BCUT2D eigenvalue weighted by atomic mass is 32.2. The summed E-state index contributed by atoms with van der Waals surface area (Å²) in [5.74, 6) is 0.346. The second kappa shape index (κ2) is 6.71. The van der Waals surface area contributed by atoms with E-state index in [0.717, 1.165) is 0 Å². The Bertz CT molecular complexity index is 551. The molecule has 110 valence electrons. The van der Waals surface area contributed by atoms with Crippen LogP contribution >= 0.6 is 0 Å². The van der Waals surface area contributed by atoms with Crippen LogP contribution in [0.4, 0.5) is 0 Å². The summed E-state index contributed by atoms with van der Waals surface area (Å²) in [6.07, 6.45) is 0. The predicted molar refractivity (Wildman–Crippen MR) is 77.4 cm³/mol. The van der Waals surface area contributed by atoms with Crippen molar-refractivity contribution >= 4 is 15.8 Å². The smallest absolute Gasteiger partial charge is 0.191 e. The van der Waals surface area contributed by atoms with Crippen LogP contribution in [-0.4, -0.2) is 57.9 Å². The second-order valence-corrected chi connectivity index (χ2v) is 6.58. The van der Waals surface area contributed by atoms with E-state index in [-0.39, 0.29) is 12.3 Å². The van der Waals surface area contributed by atoms with Crippen LogP contribution in [0.2, 0.25) is 0 Å². The lowest BCUT2D eigenvalue weighted by molar-refractivity contribution is 0.0674. The van der Waals surface area contributed by atoms with Gasteiger partial charge in [0, 0.05) is 13.1 Å². The van der Waals surface area contributed by atoms with E-state index in [1.807, 2.05) is 4.90 Å². The van der Waals surface area contributed by atoms with Crippen molar-refractivity contribution in [2.45, 2.75) is 4.90 Å². The van der Waals surface area contributed by atoms with Gasteiger partial charge in [-0.3, -0.25) is 4.99 Å². The van der Waals surface area contributed by atoms with Crippen molar-refractivity contribution in [2.75, 3.05) is 38.6 Å². The van der Waals surface area contributed by atoms with Gasteiger partial charge in [0.15, 0.2) is 15.8 Å². The normalized spacial score (nSPS) is 17.2. The van der Waals surface area contributed by atoms with Crippen LogP contribution in [0.5, 0.6) is 0 Å². The molecule has 1 fully saturated rings. The van der Waals surface area contributed by atoms with E-state index >= 15 is 0 Å². The maximum atomic E-state index is 12.0. The van der Waals surface area contributed by atoms with Crippen LogP contribution in [0.3, 0.4) is 0 Å². The molecule has 7 heteroatoms. The Kier molecular flexibility index (Phi) is 4.97. The van der Waals surface area contributed by atoms with Crippen LogP contribution < -0.4 is 5.73 Å². The summed E-state index contributed by atoms with van der Waals surface area (Å²) in [4.78, 5) is 6.37. The number of hydrogen-bond acceptors (Lipinski definition) is 4. The molecule has 2 rings (SSSR count). The van der Waals surface area contributed by atoms with Crippen molar-refractivity contribution in [1.82, 2.24) is 4.90 Å². The summed E-state index contributed by atoms with van der Waals surface area (Å²) < 4.78 is 29.3. The van der Waals surface area contributed by atoms with Gasteiger partial charge in [-0.05, 0) is 12.1 Å². The molecule has 0 aromatic heterocycles. The molecule has 0 aliphatic carbocycles. The number of ether oxygens (including phenoxy) is 1. The van der Waals surface area contributed by atoms with Gasteiger partial charge in [-0.25, -0.2) is 8.42 Å². The van der Waals surface area contributed by atoms with Crippen LogP contribution in [0, 0.1) is 0 Å². The van der Waals surface area contributed by atoms with Gasteiger partial charge in [-0.2, -0.15) is 0 Å². The number of nitrogens with two attached hydrogens (primary N) is 1. The first-order valence-electron chi connectivity index (χ1n) is 6.50. The molecule has 1 heterocycles. The molecule has 1 aliphatic rings. The molecule has 0 atom stereocenters. The highest BCUT2D eigenvalue weighted by molar-refractivity contribution is 7.91. The first-order valence-corrected chi connectivity index (χ1v) is 8.15. The monoisotopic (exact) mass is 297 g/mol. The Morgan fingerprint density at radius 2 is 1.90 bits per heavy atom. The Labute approximate surface area is 119 Å². The fraction of sp³-hybridized carbons (Fsp3) is 0.462. The molecule has 0 spiro atoms. The molecule has 0 bridgehead atoms. The van der Waals surface area contributed by atoms with Crippen LogP contribution in [0.1, 0.15) is 0 Å². The van der Waals surface area contributed by atoms with Gasteiger partial charge in [-0.1, -0.05) is 18.2 Å². The number of rotatable bonds is 4. The predicted octanol–water partition coefficient (Wildman–Crippen LogP) is 0.107. The molecule has 6 nitrogen and oxygen atoms in total. The van der Waals surface area contributed by atoms with Crippen molar-refractivity contribution in [1.29, 1.82) is 0 Å². The van der Waals surface area contributed by atoms with E-state index < -0.39 is 9.84 Å². The van der Waals surface area contributed by atoms with Gasteiger partial charge in [0.25, 0.3) is 0 Å². The maximum Gasteiger partial charge on any atom is 0.191 e. The quantitative estimate of drug-likeness (QED) is 0.629. The molecule has 1 saturated heterocycles. The molecule has 0 amide bonds. The number of morpholine rings is 1. The van der Waals surface area contributed by atoms with Gasteiger partial charge in [0.1, 0.15) is 0 Å². The van der Waals surface area contributed by atoms with Crippen LogP contribution in [-0.2, 0) is 14.6 Å². The molecule has 0 unspecified atom stereocenters. The van der Waals surface area contributed by atoms with E-state index in [2.05, 4.69) is 4.99 Å². The fourth-order valence-corrected chi connectivity index (χ4v) is 3.06. The van der Waals surface area contributed by atoms with Crippen LogP contribution in [0.15, 0.2) is 40.2 Å². The molecular weight excluding hydrogens is 278 g/mol. The van der Waals surface area contributed by atoms with E-state index in [1.54, 1.807) is 30.3 Å². The van der Waals surface area contributed by atoms with E-state index in [0.29, 0.717) is 37.2 Å². The summed E-state index contributed by atoms with van der Waals surface area (Å²) in [6.45, 7) is 2.80. The van der Waals surface area contributed by atoms with Crippen molar-refractivity contribution in [3.8, 4) is 0 Å². The van der Waals surface area contributed by atoms with Gasteiger partial charge >= 0.3 is 0 Å². The zero-order valence-electron chi connectivity index (χ0n) is 11.2. The largest absolute Gasteiger partial charge is 0.378 e. The van der Waals surface area contributed by atoms with Crippen molar-refractivity contribution in [3.05, 3.63) is 30.3 Å². The van der Waals surface area contributed by atoms with Crippen molar-refractivity contribution in [3.63, 3.8) is 0 Å². The SMILES string of the molecule is NC(=NCCS(=O)(=O)c1ccccc1)N1CCOCC1. The fourth-order valence-electron chi connectivity index (χ4n) is 1.92. The summed E-state index contributed by atoms with van der Waals surface area (Å²) >= 11 is 0. The number of hydrogen-bond donors (Lipinski definition) is 1. The van der Waals surface area contributed by atoms with Crippen LogP contribution in [0.25, 0.3) is 0 Å². The minimum atomic E-state index is -3.29. The van der Waals surface area contributed by atoms with E-state index in [4.69, 9.17) is 10.5 Å². The molecular formula is C13H19N3O3S. The number of benzene rings is 1. The standard InChI is InChI=1S/C13H19N3O3S/c14-13(16-7-9-19-10-8-16)15-6-11-20(17,18)12-4-2-1-3-5-12/h1-5H,6-11H2,(H2,14,15). The molecule has 0 radical (unpaired) electrons. The highest BCUT2D eigenvalue weighted by Crippen LogP contribution is 2.09. The minimum Gasteiger partial charge on any atom is -0.378 e. The Morgan fingerprint density at radius 3 is 2.55 bits per heavy atom. The Morgan fingerprint density at radius 1 is 1.25 bits per heavy atom. The highest BCUT2D eigenvalue weighted by Gasteiger charge is 2.15. The van der Waals surface area contributed by atoms with Crippen molar-refractivity contribution < 1.29 is 13.2 Å². The third kappa shape index (κ3) is 3.94. The lowest BCUT2D eigenvalue weighted by atomic mass is 10.4. The number of aliphatic imine (C=N–C) groups is 1. The van der Waals surface area contributed by atoms with E-state index in [9.17, 15) is 8.42 Å². The molecule has 20 heavy (non-hydrogen) atoms. The lowest BCUT2D eigenvalue weighted by Gasteiger charge is -2.27. The maximum absolute atomic E-state index is 12.0. The molecule has 1 aromatic carbocycles. The average Bonchev–Trinajstić information content (AvgIpc) is 2.49. The lowest BCUT2D eigenvalue weighted by Crippen LogP contribution is -2.45. The first kappa shape index (κ1) is 14.8. The Hall–Kier alpha value is -1.60. The summed E-state index contributed by atoms with van der Waals surface area (Å²) in [5, 5.41) is 0. The average molecular weight is 297 g/mol. The third-order valence-corrected chi connectivity index (χ3v) is 4.78. The molecule has 1 aromatic rings. The number of sulfone groups is 1. The summed E-state index contributed by atoms with van der Waals surface area (Å²) in [5.41, 5.74) is 5.84. The van der Waals surface area contributed by atoms with Gasteiger partial charge in [-0.15, -0.1) is 0 Å². The zero-order valence-corrected chi connectivity index (χ0v) is 12.1. The first-order chi connectivity index (χ1) is 9.59. The van der Waals surface area contributed by atoms with E-state index in [1.165, 1.54) is 0 Å².